The lowest BCUT2D eigenvalue weighted by Crippen LogP contribution is -2.42. The van der Waals surface area contributed by atoms with Crippen LogP contribution in [0.1, 0.15) is 0 Å². The lowest BCUT2D eigenvalue weighted by molar-refractivity contribution is -0.0414. The van der Waals surface area contributed by atoms with Crippen LogP contribution in [0.5, 0.6) is 0 Å². The Balaban J connectivity index is 2.99. The third-order valence-corrected chi connectivity index (χ3v) is 4.24. The molecule has 7 heteroatoms. The van der Waals surface area contributed by atoms with Crippen LogP contribution in [0.4, 0.5) is 0 Å². The second-order valence-electron chi connectivity index (χ2n) is 2.53. The van der Waals surface area contributed by atoms with E-state index < -0.39 is 25.6 Å². The maximum atomic E-state index is 11.5. The topological polar surface area (TPSA) is 96.2 Å². The van der Waals surface area contributed by atoms with Crippen LogP contribution in [0.15, 0.2) is 0 Å². The minimum absolute atomic E-state index is 0.303. The molecule has 0 aromatic rings. The Hall–Kier alpha value is 0.0300. The molecule has 0 aromatic carbocycles. The van der Waals surface area contributed by atoms with Gasteiger partial charge in [0.2, 0.25) is 5.34 Å². The van der Waals surface area contributed by atoms with Crippen LogP contribution in [0.25, 0.3) is 0 Å². The molecule has 12 heavy (non-hydrogen) atoms. The molecule has 1 heterocycles. The summed E-state index contributed by atoms with van der Waals surface area (Å²) in [6.45, 7) is -1.17. The number of aliphatic hydroxyl groups excluding tert-OH is 2. The second kappa shape index (κ2) is 3.06. The first-order valence-electron chi connectivity index (χ1n) is 3.32. The first-order valence-corrected chi connectivity index (χ1v) is 4.86. The normalized spacial score (nSPS) is 48.2. The molecule has 0 radical (unpaired) electrons. The molecule has 1 aliphatic rings. The van der Waals surface area contributed by atoms with Crippen LogP contribution < -0.4 is 0 Å². The Labute approximate surface area is 69.3 Å². The van der Waals surface area contributed by atoms with E-state index in [0.29, 0.717) is 0 Å². The van der Waals surface area contributed by atoms with Gasteiger partial charge >= 0.3 is 7.60 Å². The van der Waals surface area contributed by atoms with Crippen molar-refractivity contribution in [3.8, 4) is 0 Å². The predicted octanol–water partition coefficient (Wildman–Crippen LogP) is -1.10. The lowest BCUT2D eigenvalue weighted by atomic mass is 10.2. The van der Waals surface area contributed by atoms with Crippen molar-refractivity contribution in [2.75, 3.05) is 20.3 Å². The van der Waals surface area contributed by atoms with Crippen molar-refractivity contribution in [2.24, 2.45) is 0 Å². The molecular weight excluding hydrogens is 187 g/mol. The van der Waals surface area contributed by atoms with Gasteiger partial charge in [0.1, 0.15) is 6.10 Å². The van der Waals surface area contributed by atoms with Crippen LogP contribution in [-0.2, 0) is 13.6 Å². The van der Waals surface area contributed by atoms with E-state index >= 15 is 0 Å². The number of rotatable bonds is 2. The second-order valence-corrected chi connectivity index (χ2v) is 4.92. The highest BCUT2D eigenvalue weighted by atomic mass is 31.2. The van der Waals surface area contributed by atoms with Gasteiger partial charge in [-0.2, -0.15) is 0 Å². The zero-order valence-electron chi connectivity index (χ0n) is 6.51. The summed E-state index contributed by atoms with van der Waals surface area (Å²) in [6, 6.07) is 0. The molecule has 3 atom stereocenters. The van der Waals surface area contributed by atoms with Gasteiger partial charge < -0.3 is 24.4 Å². The van der Waals surface area contributed by atoms with Gasteiger partial charge in [-0.05, 0) is 0 Å². The summed E-state index contributed by atoms with van der Waals surface area (Å²) in [5.41, 5.74) is 0. The molecule has 3 unspecified atom stereocenters. The molecule has 1 rings (SSSR count). The van der Waals surface area contributed by atoms with E-state index in [9.17, 15) is 9.67 Å². The largest absolute Gasteiger partial charge is 0.393 e. The molecule has 6 nitrogen and oxygen atoms in total. The van der Waals surface area contributed by atoms with Crippen molar-refractivity contribution < 1.29 is 28.9 Å². The minimum Gasteiger partial charge on any atom is -0.393 e. The monoisotopic (exact) mass is 198 g/mol. The third-order valence-electron chi connectivity index (χ3n) is 1.88. The summed E-state index contributed by atoms with van der Waals surface area (Å²) >= 11 is 0. The van der Waals surface area contributed by atoms with Crippen molar-refractivity contribution in [3.63, 3.8) is 0 Å². The summed E-state index contributed by atoms with van der Waals surface area (Å²) in [6.07, 6.45) is -1.38. The van der Waals surface area contributed by atoms with Crippen LogP contribution in [-0.4, -0.2) is 47.1 Å². The highest BCUT2D eigenvalue weighted by Gasteiger charge is 2.60. The van der Waals surface area contributed by atoms with E-state index in [-0.39, 0.29) is 6.61 Å². The van der Waals surface area contributed by atoms with Crippen molar-refractivity contribution in [3.05, 3.63) is 0 Å². The van der Waals surface area contributed by atoms with Gasteiger partial charge in [-0.3, -0.25) is 4.57 Å². The number of hydrogen-bond donors (Lipinski definition) is 3. The van der Waals surface area contributed by atoms with E-state index in [4.69, 9.17) is 10.2 Å². The maximum Gasteiger partial charge on any atom is 0.367 e. The molecule has 0 aromatic heterocycles. The molecule has 0 saturated carbocycles. The van der Waals surface area contributed by atoms with E-state index in [1.807, 2.05) is 0 Å². The van der Waals surface area contributed by atoms with Gasteiger partial charge in [0.05, 0.1) is 13.2 Å². The van der Waals surface area contributed by atoms with Crippen molar-refractivity contribution >= 4 is 7.60 Å². The van der Waals surface area contributed by atoms with Crippen LogP contribution in [0.3, 0.4) is 0 Å². The molecule has 1 fully saturated rings. The summed E-state index contributed by atoms with van der Waals surface area (Å²) in [7, 11) is -2.69. The Morgan fingerprint density at radius 1 is 1.83 bits per heavy atom. The average Bonchev–Trinajstić information content (AvgIpc) is 2.31. The Kier molecular flexibility index (Phi) is 2.58. The Morgan fingerprint density at radius 3 is 2.75 bits per heavy atom. The van der Waals surface area contributed by atoms with Gasteiger partial charge in [0, 0.05) is 7.11 Å². The molecule has 0 amide bonds. The van der Waals surface area contributed by atoms with Gasteiger partial charge in [-0.15, -0.1) is 0 Å². The summed E-state index contributed by atoms with van der Waals surface area (Å²) < 4.78 is 20.5. The van der Waals surface area contributed by atoms with Gasteiger partial charge in [-0.25, -0.2) is 0 Å². The quantitative estimate of drug-likeness (QED) is 0.487. The van der Waals surface area contributed by atoms with Crippen LogP contribution in [0.2, 0.25) is 0 Å². The highest BCUT2D eigenvalue weighted by molar-refractivity contribution is 7.55. The van der Waals surface area contributed by atoms with Crippen molar-refractivity contribution in [1.82, 2.24) is 0 Å². The van der Waals surface area contributed by atoms with E-state index in [2.05, 4.69) is 9.05 Å². The molecule has 0 bridgehead atoms. The van der Waals surface area contributed by atoms with Gasteiger partial charge in [0.25, 0.3) is 0 Å². The van der Waals surface area contributed by atoms with Crippen molar-refractivity contribution in [1.29, 1.82) is 0 Å². The lowest BCUT2D eigenvalue weighted by Gasteiger charge is -2.26. The third kappa shape index (κ3) is 1.12. The molecule has 1 saturated heterocycles. The number of aliphatic hydroxyl groups is 3. The zero-order chi connectivity index (χ0) is 9.41. The van der Waals surface area contributed by atoms with E-state index in [1.54, 1.807) is 0 Å². The molecule has 72 valence electrons. The fraction of sp³-hybridized carbons (Fsp3) is 1.00. The predicted molar refractivity (Wildman–Crippen MR) is 38.6 cm³/mol. The van der Waals surface area contributed by atoms with Crippen molar-refractivity contribution in [2.45, 2.75) is 11.4 Å². The fourth-order valence-corrected chi connectivity index (χ4v) is 2.59. The smallest absolute Gasteiger partial charge is 0.367 e. The summed E-state index contributed by atoms with van der Waals surface area (Å²) in [4.78, 5) is 0. The summed E-state index contributed by atoms with van der Waals surface area (Å²) in [5.74, 6) is 0. The minimum atomic E-state index is -3.77. The van der Waals surface area contributed by atoms with Gasteiger partial charge in [-0.1, -0.05) is 0 Å². The molecule has 3 N–H and O–H groups in total. The van der Waals surface area contributed by atoms with E-state index in [0.717, 1.165) is 7.11 Å². The zero-order valence-corrected chi connectivity index (χ0v) is 7.40. The first-order chi connectivity index (χ1) is 5.50. The SMILES string of the molecule is COP1(=O)OCC(O)C1(O)CO. The number of hydrogen-bond acceptors (Lipinski definition) is 6. The molecule has 0 spiro atoms. The fourth-order valence-electron chi connectivity index (χ4n) is 0.999. The standard InChI is InChI=1S/C5H11O6P/c1-10-12(9)5(8,3-6)4(7)2-11-12/h4,6-8H,2-3H2,1H3. The van der Waals surface area contributed by atoms with Gasteiger partial charge in [0.15, 0.2) is 0 Å². The van der Waals surface area contributed by atoms with Crippen LogP contribution >= 0.6 is 7.60 Å². The average molecular weight is 198 g/mol. The first kappa shape index (κ1) is 10.1. The Morgan fingerprint density at radius 2 is 2.42 bits per heavy atom. The molecular formula is C5H11O6P. The van der Waals surface area contributed by atoms with Crippen LogP contribution in [0, 0.1) is 0 Å². The maximum absolute atomic E-state index is 11.5. The van der Waals surface area contributed by atoms with E-state index in [1.165, 1.54) is 0 Å². The summed E-state index contributed by atoms with van der Waals surface area (Å²) in [5, 5.41) is 25.1. The highest BCUT2D eigenvalue weighted by Crippen LogP contribution is 2.63. The molecule has 1 aliphatic heterocycles. The Bertz CT molecular complexity index is 218. The molecule has 0 aliphatic carbocycles.